The van der Waals surface area contributed by atoms with E-state index >= 15 is 0 Å². The molecule has 0 saturated carbocycles. The number of hydrogen-bond acceptors (Lipinski definition) is 3. The van der Waals surface area contributed by atoms with Crippen LogP contribution in [0.2, 0.25) is 0 Å². The van der Waals surface area contributed by atoms with Gasteiger partial charge in [-0.2, -0.15) is 0 Å². The van der Waals surface area contributed by atoms with Crippen LogP contribution in [-0.2, 0) is 4.74 Å². The lowest BCUT2D eigenvalue weighted by Crippen LogP contribution is -2.48. The number of ether oxygens (including phenoxy) is 1. The first-order valence-electron chi connectivity index (χ1n) is 7.67. The summed E-state index contributed by atoms with van der Waals surface area (Å²) in [7, 11) is 0. The van der Waals surface area contributed by atoms with Crippen molar-refractivity contribution < 1.29 is 4.74 Å². The molecule has 1 aromatic rings. The number of nitrogens with two attached hydrogens (primary N) is 1. The van der Waals surface area contributed by atoms with E-state index in [1.54, 1.807) is 0 Å². The lowest BCUT2D eigenvalue weighted by Gasteiger charge is -2.40. The van der Waals surface area contributed by atoms with Crippen LogP contribution in [0.15, 0.2) is 30.3 Å². The molecular formula is C17H28N2O. The van der Waals surface area contributed by atoms with E-state index in [0.717, 1.165) is 32.7 Å². The van der Waals surface area contributed by atoms with Crippen LogP contribution in [0.5, 0.6) is 0 Å². The predicted octanol–water partition coefficient (Wildman–Crippen LogP) is 2.82. The molecule has 2 rings (SSSR count). The Morgan fingerprint density at radius 3 is 2.70 bits per heavy atom. The van der Waals surface area contributed by atoms with E-state index in [0.29, 0.717) is 6.10 Å². The molecule has 0 aliphatic carbocycles. The zero-order chi connectivity index (χ0) is 14.6. The van der Waals surface area contributed by atoms with E-state index in [-0.39, 0.29) is 11.5 Å². The van der Waals surface area contributed by atoms with Crippen molar-refractivity contribution in [1.82, 2.24) is 4.90 Å². The van der Waals surface area contributed by atoms with Crippen LogP contribution in [-0.4, -0.2) is 37.2 Å². The third-order valence-electron chi connectivity index (χ3n) is 4.31. The summed E-state index contributed by atoms with van der Waals surface area (Å²) in [5.74, 6) is 0. The smallest absolute Gasteiger partial charge is 0.0700 e. The van der Waals surface area contributed by atoms with Gasteiger partial charge in [0, 0.05) is 25.7 Å². The summed E-state index contributed by atoms with van der Waals surface area (Å²) in [6.45, 7) is 10.6. The molecule has 0 bridgehead atoms. The van der Waals surface area contributed by atoms with Gasteiger partial charge in [-0.05, 0) is 17.4 Å². The third kappa shape index (κ3) is 3.81. The van der Waals surface area contributed by atoms with E-state index in [4.69, 9.17) is 10.5 Å². The quantitative estimate of drug-likeness (QED) is 0.898. The normalized spacial score (nSPS) is 22.7. The molecule has 2 atom stereocenters. The standard InChI is InChI=1S/C17H28N2O/c1-4-15-12-19(10-11-20-15)13-17(2,3)16(18)14-8-6-5-7-9-14/h5-9,15-16H,4,10-13,18H2,1-3H3. The van der Waals surface area contributed by atoms with Crippen molar-refractivity contribution in [3.05, 3.63) is 35.9 Å². The molecule has 1 heterocycles. The molecule has 1 saturated heterocycles. The molecule has 0 spiro atoms. The molecule has 20 heavy (non-hydrogen) atoms. The highest BCUT2D eigenvalue weighted by Crippen LogP contribution is 2.32. The Morgan fingerprint density at radius 2 is 2.05 bits per heavy atom. The number of nitrogens with zero attached hydrogens (tertiary/aromatic N) is 1. The zero-order valence-corrected chi connectivity index (χ0v) is 13.0. The van der Waals surface area contributed by atoms with Crippen LogP contribution in [0.3, 0.4) is 0 Å². The molecule has 3 heteroatoms. The average molecular weight is 276 g/mol. The molecule has 0 aromatic heterocycles. The highest BCUT2D eigenvalue weighted by atomic mass is 16.5. The summed E-state index contributed by atoms with van der Waals surface area (Å²) in [5, 5.41) is 0. The van der Waals surface area contributed by atoms with Gasteiger partial charge < -0.3 is 10.5 Å². The van der Waals surface area contributed by atoms with Crippen LogP contribution >= 0.6 is 0 Å². The van der Waals surface area contributed by atoms with Gasteiger partial charge >= 0.3 is 0 Å². The first-order valence-corrected chi connectivity index (χ1v) is 7.67. The fraction of sp³-hybridized carbons (Fsp3) is 0.647. The Hall–Kier alpha value is -0.900. The van der Waals surface area contributed by atoms with Crippen LogP contribution in [0, 0.1) is 5.41 Å². The van der Waals surface area contributed by atoms with E-state index in [2.05, 4.69) is 49.9 Å². The third-order valence-corrected chi connectivity index (χ3v) is 4.31. The maximum atomic E-state index is 6.50. The predicted molar refractivity (Wildman–Crippen MR) is 83.6 cm³/mol. The first kappa shape index (κ1) is 15.5. The van der Waals surface area contributed by atoms with Gasteiger partial charge in [0.05, 0.1) is 12.7 Å². The van der Waals surface area contributed by atoms with Gasteiger partial charge in [-0.15, -0.1) is 0 Å². The fourth-order valence-electron chi connectivity index (χ4n) is 2.96. The first-order chi connectivity index (χ1) is 9.53. The molecule has 2 N–H and O–H groups in total. The van der Waals surface area contributed by atoms with Gasteiger partial charge in [0.2, 0.25) is 0 Å². The van der Waals surface area contributed by atoms with Crippen molar-refractivity contribution in [2.45, 2.75) is 39.3 Å². The molecule has 1 aliphatic heterocycles. The Morgan fingerprint density at radius 1 is 1.35 bits per heavy atom. The molecule has 0 amide bonds. The minimum Gasteiger partial charge on any atom is -0.376 e. The van der Waals surface area contributed by atoms with E-state index in [9.17, 15) is 0 Å². The highest BCUT2D eigenvalue weighted by molar-refractivity contribution is 5.20. The van der Waals surface area contributed by atoms with E-state index < -0.39 is 0 Å². The number of morpholine rings is 1. The minimum atomic E-state index is 0.0526. The van der Waals surface area contributed by atoms with Crippen molar-refractivity contribution in [3.63, 3.8) is 0 Å². The van der Waals surface area contributed by atoms with Crippen molar-refractivity contribution >= 4 is 0 Å². The molecule has 112 valence electrons. The minimum absolute atomic E-state index is 0.0526. The van der Waals surface area contributed by atoms with E-state index in [1.807, 2.05) is 6.07 Å². The lowest BCUT2D eigenvalue weighted by molar-refractivity contribution is -0.0416. The Kier molecular flexibility index (Phi) is 5.19. The number of benzene rings is 1. The summed E-state index contributed by atoms with van der Waals surface area (Å²) in [6.07, 6.45) is 1.47. The maximum Gasteiger partial charge on any atom is 0.0700 e. The summed E-state index contributed by atoms with van der Waals surface area (Å²) < 4.78 is 5.74. The second-order valence-corrected chi connectivity index (χ2v) is 6.51. The Balaban J connectivity index is 1.99. The van der Waals surface area contributed by atoms with Crippen molar-refractivity contribution in [3.8, 4) is 0 Å². The van der Waals surface area contributed by atoms with Gasteiger partial charge in [0.15, 0.2) is 0 Å². The zero-order valence-electron chi connectivity index (χ0n) is 13.0. The second kappa shape index (κ2) is 6.70. The molecule has 3 nitrogen and oxygen atoms in total. The lowest BCUT2D eigenvalue weighted by atomic mass is 9.80. The SMILES string of the molecule is CCC1CN(CC(C)(C)C(N)c2ccccc2)CCO1. The topological polar surface area (TPSA) is 38.5 Å². The van der Waals surface area contributed by atoms with Crippen LogP contribution in [0.1, 0.15) is 38.8 Å². The molecule has 1 fully saturated rings. The summed E-state index contributed by atoms with van der Waals surface area (Å²) in [4.78, 5) is 2.50. The Bertz CT molecular complexity index is 405. The highest BCUT2D eigenvalue weighted by Gasteiger charge is 2.31. The van der Waals surface area contributed by atoms with Crippen LogP contribution in [0.25, 0.3) is 0 Å². The molecular weight excluding hydrogens is 248 g/mol. The van der Waals surface area contributed by atoms with Crippen LogP contribution < -0.4 is 5.73 Å². The van der Waals surface area contributed by atoms with Crippen molar-refractivity contribution in [2.75, 3.05) is 26.2 Å². The molecule has 1 aromatic carbocycles. The van der Waals surface area contributed by atoms with Gasteiger partial charge in [-0.3, -0.25) is 4.90 Å². The summed E-state index contributed by atoms with van der Waals surface area (Å²) >= 11 is 0. The molecule has 0 radical (unpaired) electrons. The maximum absolute atomic E-state index is 6.50. The largest absolute Gasteiger partial charge is 0.376 e. The van der Waals surface area contributed by atoms with E-state index in [1.165, 1.54) is 5.56 Å². The van der Waals surface area contributed by atoms with Crippen molar-refractivity contribution in [1.29, 1.82) is 0 Å². The van der Waals surface area contributed by atoms with Gasteiger partial charge in [0.25, 0.3) is 0 Å². The molecule has 2 unspecified atom stereocenters. The van der Waals surface area contributed by atoms with Crippen molar-refractivity contribution in [2.24, 2.45) is 11.1 Å². The van der Waals surface area contributed by atoms with Gasteiger partial charge in [-0.25, -0.2) is 0 Å². The fourth-order valence-corrected chi connectivity index (χ4v) is 2.96. The Labute approximate surface area is 123 Å². The van der Waals surface area contributed by atoms with Gasteiger partial charge in [-0.1, -0.05) is 51.1 Å². The average Bonchev–Trinajstić information content (AvgIpc) is 2.47. The van der Waals surface area contributed by atoms with Gasteiger partial charge in [0.1, 0.15) is 0 Å². The van der Waals surface area contributed by atoms with Crippen LogP contribution in [0.4, 0.5) is 0 Å². The number of hydrogen-bond donors (Lipinski definition) is 1. The molecule has 1 aliphatic rings. The second-order valence-electron chi connectivity index (χ2n) is 6.51. The monoisotopic (exact) mass is 276 g/mol. The summed E-state index contributed by atoms with van der Waals surface area (Å²) in [5.41, 5.74) is 7.77. The summed E-state index contributed by atoms with van der Waals surface area (Å²) in [6, 6.07) is 10.5. The number of rotatable bonds is 5.